The Bertz CT molecular complexity index is 79.8. The van der Waals surface area contributed by atoms with Crippen molar-refractivity contribution < 1.29 is 7.77 Å². The predicted molar refractivity (Wildman–Crippen MR) is 27.5 cm³/mol. The fourth-order valence-corrected chi connectivity index (χ4v) is 0.542. The number of hydrogen-bond donors (Lipinski definition) is 0. The van der Waals surface area contributed by atoms with Gasteiger partial charge in [-0.3, -0.25) is 0 Å². The van der Waals surface area contributed by atoms with Crippen LogP contribution >= 0.6 is 23.2 Å². The quantitative estimate of drug-likeness (QED) is 0.420. The second-order valence-electron chi connectivity index (χ2n) is 0.579. The molecule has 0 rings (SSSR count). The highest BCUT2D eigenvalue weighted by atomic mass is 35.5. The lowest BCUT2D eigenvalue weighted by molar-refractivity contribution is 0.781. The van der Waals surface area contributed by atoms with Crippen LogP contribution in [0.5, 0.6) is 0 Å². The van der Waals surface area contributed by atoms with E-state index in [4.69, 9.17) is 23.2 Å². The molecule has 0 spiro atoms. The standard InChI is InChI=1S/CHCl2F2NS/c2-1(3)6-7(4)5/h1H. The molecule has 0 saturated heterocycles. The molecule has 0 bridgehead atoms. The van der Waals surface area contributed by atoms with E-state index in [-0.39, 0.29) is 0 Å². The first-order chi connectivity index (χ1) is 3.13. The molecular formula is CHCl2F2NS. The zero-order valence-electron chi connectivity index (χ0n) is 2.94. The van der Waals surface area contributed by atoms with Crippen molar-refractivity contribution in [1.29, 1.82) is 0 Å². The Morgan fingerprint density at radius 1 is 1.43 bits per heavy atom. The average molecular weight is 168 g/mol. The second kappa shape index (κ2) is 3.57. The first-order valence-corrected chi connectivity index (χ1v) is 3.04. The van der Waals surface area contributed by atoms with Crippen LogP contribution in [0.15, 0.2) is 4.36 Å². The van der Waals surface area contributed by atoms with Gasteiger partial charge in [-0.1, -0.05) is 23.2 Å². The van der Waals surface area contributed by atoms with E-state index in [1.807, 2.05) is 0 Å². The van der Waals surface area contributed by atoms with Gasteiger partial charge in [0.1, 0.15) is 0 Å². The molecule has 0 saturated carbocycles. The first kappa shape index (κ1) is 7.59. The Kier molecular flexibility index (Phi) is 3.88. The molecule has 0 amide bonds. The van der Waals surface area contributed by atoms with E-state index in [9.17, 15) is 7.77 Å². The zero-order valence-corrected chi connectivity index (χ0v) is 5.27. The molecule has 0 radical (unpaired) electrons. The van der Waals surface area contributed by atoms with Gasteiger partial charge in [-0.05, 0) is 0 Å². The maximum absolute atomic E-state index is 11.0. The van der Waals surface area contributed by atoms with Crippen molar-refractivity contribution in [2.75, 3.05) is 0 Å². The van der Waals surface area contributed by atoms with Gasteiger partial charge in [0.05, 0.1) is 0 Å². The molecular weight excluding hydrogens is 167 g/mol. The van der Waals surface area contributed by atoms with Crippen LogP contribution in [0.2, 0.25) is 0 Å². The highest BCUT2D eigenvalue weighted by Crippen LogP contribution is 2.06. The van der Waals surface area contributed by atoms with E-state index in [1.54, 1.807) is 0 Å². The van der Waals surface area contributed by atoms with Crippen molar-refractivity contribution in [3.05, 3.63) is 0 Å². The van der Waals surface area contributed by atoms with Crippen molar-refractivity contribution in [3.63, 3.8) is 0 Å². The molecule has 0 aliphatic rings. The fraction of sp³-hybridized carbons (Fsp3) is 1.00. The van der Waals surface area contributed by atoms with Gasteiger partial charge in [0.25, 0.3) is 11.5 Å². The fourth-order valence-electron chi connectivity index (χ4n) is 0.0602. The van der Waals surface area contributed by atoms with Crippen LogP contribution < -0.4 is 0 Å². The summed E-state index contributed by atoms with van der Waals surface area (Å²) in [5, 5.41) is 0. The van der Waals surface area contributed by atoms with Crippen LogP contribution in [0.3, 0.4) is 0 Å². The summed E-state index contributed by atoms with van der Waals surface area (Å²) >= 11 is 6.61. The molecule has 7 heavy (non-hydrogen) atoms. The minimum absolute atomic E-state index is 1.29. The minimum Gasteiger partial charge on any atom is -0.170 e. The second-order valence-corrected chi connectivity index (χ2v) is 2.23. The summed E-state index contributed by atoms with van der Waals surface area (Å²) in [6.07, 6.45) is 0. The largest absolute Gasteiger partial charge is 0.264 e. The molecule has 0 heterocycles. The number of rotatable bonds is 1. The highest BCUT2D eigenvalue weighted by Gasteiger charge is 1.93. The lowest BCUT2D eigenvalue weighted by atomic mass is 11.5. The summed E-state index contributed by atoms with van der Waals surface area (Å²) in [4.78, 5) is -1.29. The Hall–Kier alpha value is 0.590. The van der Waals surface area contributed by atoms with E-state index < -0.39 is 16.4 Å². The smallest absolute Gasteiger partial charge is 0.170 e. The van der Waals surface area contributed by atoms with E-state index >= 15 is 0 Å². The van der Waals surface area contributed by atoms with Gasteiger partial charge in [-0.25, -0.2) is 0 Å². The van der Waals surface area contributed by atoms with Crippen LogP contribution in [-0.2, 0) is 11.5 Å². The molecule has 0 fully saturated rings. The van der Waals surface area contributed by atoms with Crippen molar-refractivity contribution in [2.24, 2.45) is 4.36 Å². The molecule has 0 aromatic rings. The van der Waals surface area contributed by atoms with Crippen molar-refractivity contribution in [3.8, 4) is 0 Å². The topological polar surface area (TPSA) is 12.4 Å². The summed E-state index contributed by atoms with van der Waals surface area (Å²) in [7, 11) is 0. The monoisotopic (exact) mass is 167 g/mol. The first-order valence-electron chi connectivity index (χ1n) is 1.19. The van der Waals surface area contributed by atoms with E-state index in [0.717, 1.165) is 0 Å². The molecule has 0 atom stereocenters. The van der Waals surface area contributed by atoms with Gasteiger partial charge >= 0.3 is 0 Å². The maximum Gasteiger partial charge on any atom is 0.264 e. The van der Waals surface area contributed by atoms with Crippen LogP contribution in [-0.4, -0.2) is 4.96 Å². The highest BCUT2D eigenvalue weighted by molar-refractivity contribution is 7.76. The van der Waals surface area contributed by atoms with E-state index in [0.29, 0.717) is 0 Å². The van der Waals surface area contributed by atoms with Crippen molar-refractivity contribution in [1.82, 2.24) is 0 Å². The minimum atomic E-state index is -2.98. The molecule has 0 aromatic heterocycles. The van der Waals surface area contributed by atoms with Gasteiger partial charge in [0.15, 0.2) is 0 Å². The maximum atomic E-state index is 11.0. The lowest BCUT2D eigenvalue weighted by Gasteiger charge is -1.83. The summed E-state index contributed by atoms with van der Waals surface area (Å²) in [5.41, 5.74) is 0. The normalized spacial score (nSPS) is 10.6. The molecule has 0 unspecified atom stereocenters. The Morgan fingerprint density at radius 2 is 1.86 bits per heavy atom. The number of nitrogens with zero attached hydrogens (tertiary/aromatic N) is 1. The van der Waals surface area contributed by atoms with E-state index in [2.05, 4.69) is 4.36 Å². The van der Waals surface area contributed by atoms with Crippen LogP contribution in [0, 0.1) is 0 Å². The summed E-state index contributed by atoms with van der Waals surface area (Å²) in [6, 6.07) is 0. The SMILES string of the molecule is FS(F)=NC(Cl)Cl. The molecule has 0 aliphatic carbocycles. The summed E-state index contributed by atoms with van der Waals surface area (Å²) in [5.74, 6) is 0. The van der Waals surface area contributed by atoms with Gasteiger partial charge in [-0.2, -0.15) is 4.36 Å². The van der Waals surface area contributed by atoms with Crippen molar-refractivity contribution in [2.45, 2.75) is 4.96 Å². The van der Waals surface area contributed by atoms with Crippen LogP contribution in [0.1, 0.15) is 0 Å². The molecule has 1 nitrogen and oxygen atoms in total. The third-order valence-corrected chi connectivity index (χ3v) is 0.956. The van der Waals surface area contributed by atoms with Gasteiger partial charge < -0.3 is 0 Å². The third-order valence-electron chi connectivity index (χ3n) is 0.159. The van der Waals surface area contributed by atoms with E-state index in [1.165, 1.54) is 0 Å². The van der Waals surface area contributed by atoms with Gasteiger partial charge in [0, 0.05) is 0 Å². The molecule has 0 N–H and O–H groups in total. The van der Waals surface area contributed by atoms with Gasteiger partial charge in [0.2, 0.25) is 4.96 Å². The molecule has 0 aliphatic heterocycles. The van der Waals surface area contributed by atoms with Crippen molar-refractivity contribution >= 4 is 34.7 Å². The Morgan fingerprint density at radius 3 is 1.86 bits per heavy atom. The predicted octanol–water partition coefficient (Wildman–Crippen LogP) is 2.32. The molecule has 0 aromatic carbocycles. The summed E-state index contributed by atoms with van der Waals surface area (Å²) in [6.45, 7) is 0. The average Bonchev–Trinajstić information content (AvgIpc) is 1.27. The molecule has 44 valence electrons. The Balaban J connectivity index is 3.45. The number of hydrogen-bond acceptors (Lipinski definition) is 1. The third kappa shape index (κ3) is 6.59. The molecule has 6 heteroatoms. The Labute approximate surface area is 52.3 Å². The number of alkyl halides is 2. The zero-order chi connectivity index (χ0) is 5.86. The van der Waals surface area contributed by atoms with Crippen LogP contribution in [0.4, 0.5) is 7.77 Å². The lowest BCUT2D eigenvalue weighted by Crippen LogP contribution is -1.76. The number of halogens is 4. The van der Waals surface area contributed by atoms with Gasteiger partial charge in [-0.15, -0.1) is 7.77 Å². The summed E-state index contributed by atoms with van der Waals surface area (Å²) < 4.78 is 24.5. The van der Waals surface area contributed by atoms with Crippen LogP contribution in [0.25, 0.3) is 0 Å².